The first-order valence-electron chi connectivity index (χ1n) is 7.54. The second kappa shape index (κ2) is 6.68. The molecule has 122 valence electrons. The zero-order valence-corrected chi connectivity index (χ0v) is 13.8. The number of nitrogens with zero attached hydrogens (tertiary/aromatic N) is 2. The third-order valence-electron chi connectivity index (χ3n) is 3.79. The van der Waals surface area contributed by atoms with Crippen molar-refractivity contribution in [2.45, 2.75) is 6.92 Å². The minimum atomic E-state index is -0.261. The molecule has 3 aromatic rings. The minimum absolute atomic E-state index is 0.261. The smallest absolute Gasteiger partial charge is 0.277 e. The van der Waals surface area contributed by atoms with Gasteiger partial charge in [-0.25, -0.2) is 10.0 Å². The van der Waals surface area contributed by atoms with Crippen molar-refractivity contribution in [1.82, 2.24) is 10.0 Å². The molecule has 1 aromatic heterocycles. The van der Waals surface area contributed by atoms with Gasteiger partial charge in [0, 0.05) is 18.2 Å². The molecular weight excluding hydrogens is 304 g/mol. The molecule has 0 unspecified atom stereocenters. The van der Waals surface area contributed by atoms with Crippen LogP contribution in [0, 0.1) is 6.92 Å². The molecule has 0 bridgehead atoms. The molecule has 3 rings (SSSR count). The summed E-state index contributed by atoms with van der Waals surface area (Å²) in [5, 5.41) is 1.17. The van der Waals surface area contributed by atoms with E-state index in [0.717, 1.165) is 5.56 Å². The Bertz CT molecular complexity index is 853. The number of aromatic nitrogens is 1. The number of hydrogen-bond donors (Lipinski definition) is 0. The Kier molecular flexibility index (Phi) is 4.44. The van der Waals surface area contributed by atoms with Crippen LogP contribution in [0.2, 0.25) is 0 Å². The van der Waals surface area contributed by atoms with Crippen LogP contribution in [-0.2, 0) is 4.84 Å². The highest BCUT2D eigenvalue weighted by Crippen LogP contribution is 2.28. The van der Waals surface area contributed by atoms with Gasteiger partial charge in [0.15, 0.2) is 5.76 Å². The molecule has 1 amide bonds. The van der Waals surface area contributed by atoms with Crippen molar-refractivity contribution in [3.63, 3.8) is 0 Å². The molecule has 24 heavy (non-hydrogen) atoms. The largest absolute Gasteiger partial charge is 0.436 e. The Morgan fingerprint density at radius 2 is 1.83 bits per heavy atom. The Balaban J connectivity index is 1.99. The molecule has 5 nitrogen and oxygen atoms in total. The summed E-state index contributed by atoms with van der Waals surface area (Å²) in [6.07, 6.45) is 1.67. The Hall–Kier alpha value is -2.92. The maximum Gasteiger partial charge on any atom is 0.277 e. The van der Waals surface area contributed by atoms with E-state index in [4.69, 9.17) is 9.25 Å². The molecule has 0 spiro atoms. The van der Waals surface area contributed by atoms with Gasteiger partial charge in [0.2, 0.25) is 5.89 Å². The Labute approximate surface area is 140 Å². The average Bonchev–Trinajstić information content (AvgIpc) is 3.11. The van der Waals surface area contributed by atoms with Gasteiger partial charge in [0.1, 0.15) is 0 Å². The van der Waals surface area contributed by atoms with Crippen molar-refractivity contribution in [1.29, 1.82) is 0 Å². The fraction of sp³-hybridized carbons (Fsp3) is 0.158. The van der Waals surface area contributed by atoms with Crippen LogP contribution in [0.1, 0.15) is 15.9 Å². The fourth-order valence-electron chi connectivity index (χ4n) is 2.36. The SMILES string of the molecule is CON(C)C(=O)c1ccccc1-c1ncc(-c2ccc(C)cc2)o1. The number of carbonyl (C=O) groups is 1. The number of carbonyl (C=O) groups excluding carboxylic acids is 1. The van der Waals surface area contributed by atoms with Gasteiger partial charge in [0.25, 0.3) is 5.91 Å². The number of hydroxylamine groups is 2. The normalized spacial score (nSPS) is 10.6. The van der Waals surface area contributed by atoms with Crippen LogP contribution in [0.15, 0.2) is 59.1 Å². The Morgan fingerprint density at radius 1 is 1.12 bits per heavy atom. The lowest BCUT2D eigenvalue weighted by Gasteiger charge is -2.15. The number of amides is 1. The predicted octanol–water partition coefficient (Wildman–Crippen LogP) is 3.95. The molecular formula is C19H18N2O3. The zero-order chi connectivity index (χ0) is 17.1. The molecule has 1 heterocycles. The summed E-state index contributed by atoms with van der Waals surface area (Å²) in [5.74, 6) is 0.801. The molecule has 0 atom stereocenters. The van der Waals surface area contributed by atoms with E-state index < -0.39 is 0 Å². The van der Waals surface area contributed by atoms with E-state index >= 15 is 0 Å². The van der Waals surface area contributed by atoms with Gasteiger partial charge in [-0.15, -0.1) is 0 Å². The molecule has 0 aliphatic rings. The zero-order valence-electron chi connectivity index (χ0n) is 13.8. The van der Waals surface area contributed by atoms with Crippen molar-refractivity contribution in [2.75, 3.05) is 14.2 Å². The van der Waals surface area contributed by atoms with Crippen LogP contribution in [0.4, 0.5) is 0 Å². The lowest BCUT2D eigenvalue weighted by Crippen LogP contribution is -2.25. The lowest BCUT2D eigenvalue weighted by molar-refractivity contribution is -0.0756. The highest BCUT2D eigenvalue weighted by molar-refractivity contribution is 5.99. The van der Waals surface area contributed by atoms with Crippen molar-refractivity contribution >= 4 is 5.91 Å². The van der Waals surface area contributed by atoms with Crippen LogP contribution in [0.5, 0.6) is 0 Å². The average molecular weight is 322 g/mol. The second-order valence-electron chi connectivity index (χ2n) is 5.43. The van der Waals surface area contributed by atoms with E-state index in [9.17, 15) is 4.79 Å². The topological polar surface area (TPSA) is 55.6 Å². The summed E-state index contributed by atoms with van der Waals surface area (Å²) in [4.78, 5) is 21.7. The maximum atomic E-state index is 12.4. The van der Waals surface area contributed by atoms with E-state index in [2.05, 4.69) is 4.98 Å². The van der Waals surface area contributed by atoms with Crippen molar-refractivity contribution < 1.29 is 14.0 Å². The molecule has 0 fully saturated rings. The first-order valence-corrected chi connectivity index (χ1v) is 7.54. The molecule has 0 radical (unpaired) electrons. The minimum Gasteiger partial charge on any atom is -0.436 e. The molecule has 0 aliphatic heterocycles. The van der Waals surface area contributed by atoms with Gasteiger partial charge >= 0.3 is 0 Å². The van der Waals surface area contributed by atoms with E-state index in [1.165, 1.54) is 17.7 Å². The Morgan fingerprint density at radius 3 is 2.54 bits per heavy atom. The van der Waals surface area contributed by atoms with E-state index in [0.29, 0.717) is 22.8 Å². The summed E-state index contributed by atoms with van der Waals surface area (Å²) >= 11 is 0. The molecule has 0 aliphatic carbocycles. The standard InChI is InChI=1S/C19H18N2O3/c1-13-8-10-14(11-9-13)17-12-20-18(24-17)15-6-4-5-7-16(15)19(22)21(2)23-3/h4-12H,1-3H3. The molecule has 0 saturated heterocycles. The highest BCUT2D eigenvalue weighted by atomic mass is 16.7. The van der Waals surface area contributed by atoms with E-state index in [1.807, 2.05) is 43.3 Å². The van der Waals surface area contributed by atoms with Gasteiger partial charge in [-0.2, -0.15) is 0 Å². The number of hydrogen-bond acceptors (Lipinski definition) is 4. The van der Waals surface area contributed by atoms with Crippen molar-refractivity contribution in [3.05, 3.63) is 65.9 Å². The van der Waals surface area contributed by atoms with Crippen molar-refractivity contribution in [2.24, 2.45) is 0 Å². The van der Waals surface area contributed by atoms with Crippen LogP contribution in [0.3, 0.4) is 0 Å². The number of benzene rings is 2. The van der Waals surface area contributed by atoms with Gasteiger partial charge < -0.3 is 4.42 Å². The quantitative estimate of drug-likeness (QED) is 0.683. The maximum absolute atomic E-state index is 12.4. The molecule has 0 saturated carbocycles. The summed E-state index contributed by atoms with van der Waals surface area (Å²) < 4.78 is 5.88. The van der Waals surface area contributed by atoms with Crippen LogP contribution in [0.25, 0.3) is 22.8 Å². The monoisotopic (exact) mass is 322 g/mol. The van der Waals surface area contributed by atoms with E-state index in [-0.39, 0.29) is 5.91 Å². The van der Waals surface area contributed by atoms with Gasteiger partial charge in [-0.1, -0.05) is 42.0 Å². The van der Waals surface area contributed by atoms with E-state index in [1.54, 1.807) is 25.4 Å². The fourth-order valence-corrected chi connectivity index (χ4v) is 2.36. The van der Waals surface area contributed by atoms with Gasteiger partial charge in [0.05, 0.1) is 18.9 Å². The third kappa shape index (κ3) is 3.07. The van der Waals surface area contributed by atoms with Gasteiger partial charge in [-0.3, -0.25) is 9.63 Å². The first kappa shape index (κ1) is 16.0. The lowest BCUT2D eigenvalue weighted by atomic mass is 10.1. The predicted molar refractivity (Wildman–Crippen MR) is 91.2 cm³/mol. The molecule has 0 N–H and O–H groups in total. The number of oxazole rings is 1. The summed E-state index contributed by atoms with van der Waals surface area (Å²) in [6.45, 7) is 2.03. The van der Waals surface area contributed by atoms with Gasteiger partial charge in [-0.05, 0) is 19.1 Å². The molecule has 2 aromatic carbocycles. The van der Waals surface area contributed by atoms with Crippen LogP contribution < -0.4 is 0 Å². The van der Waals surface area contributed by atoms with Crippen molar-refractivity contribution in [3.8, 4) is 22.8 Å². The third-order valence-corrected chi connectivity index (χ3v) is 3.79. The van der Waals surface area contributed by atoms with Crippen LogP contribution in [-0.4, -0.2) is 30.1 Å². The number of aryl methyl sites for hydroxylation is 1. The van der Waals surface area contributed by atoms with Crippen LogP contribution >= 0.6 is 0 Å². The highest BCUT2D eigenvalue weighted by Gasteiger charge is 2.19. The summed E-state index contributed by atoms with van der Waals surface area (Å²) in [7, 11) is 3.01. The first-order chi connectivity index (χ1) is 11.6. The summed E-state index contributed by atoms with van der Waals surface area (Å²) in [6, 6.07) is 15.2. The number of rotatable bonds is 4. The molecule has 5 heteroatoms. The second-order valence-corrected chi connectivity index (χ2v) is 5.43. The summed E-state index contributed by atoms with van der Waals surface area (Å²) in [5.41, 5.74) is 3.22.